The third kappa shape index (κ3) is 4.19. The predicted octanol–water partition coefficient (Wildman–Crippen LogP) is 3.68. The van der Waals surface area contributed by atoms with Crippen LogP contribution < -0.4 is 5.32 Å². The van der Waals surface area contributed by atoms with Crippen molar-refractivity contribution in [2.45, 2.75) is 50.3 Å². The standard InChI is InChI=1S/C20H26N2O2S2/c23-19(13-16-5-3-11-25-16)21-18-7-1-2-8-20(18)15-22(9-10-24-20)14-17-6-4-12-26-17/h3-6,11-12,18H,1-2,7-10,13-15H2,(H,21,23)/t18-,20-/m1/s1. The summed E-state index contributed by atoms with van der Waals surface area (Å²) in [5, 5.41) is 7.48. The lowest BCUT2D eigenvalue weighted by molar-refractivity contribution is -0.151. The van der Waals surface area contributed by atoms with Crippen LogP contribution in [0, 0.1) is 0 Å². The Hall–Kier alpha value is -1.21. The molecule has 6 heteroatoms. The smallest absolute Gasteiger partial charge is 0.225 e. The number of nitrogens with one attached hydrogen (secondary N) is 1. The van der Waals surface area contributed by atoms with Gasteiger partial charge in [-0.2, -0.15) is 0 Å². The van der Waals surface area contributed by atoms with Crippen LogP contribution in [0.3, 0.4) is 0 Å². The molecule has 140 valence electrons. The van der Waals surface area contributed by atoms with Crippen LogP contribution in [0.2, 0.25) is 0 Å². The van der Waals surface area contributed by atoms with E-state index < -0.39 is 0 Å². The lowest BCUT2D eigenvalue weighted by Crippen LogP contribution is -2.64. The van der Waals surface area contributed by atoms with Crippen molar-refractivity contribution in [3.05, 3.63) is 44.8 Å². The Morgan fingerprint density at radius 2 is 2.04 bits per heavy atom. The maximum atomic E-state index is 12.6. The van der Waals surface area contributed by atoms with E-state index in [2.05, 4.69) is 27.7 Å². The quantitative estimate of drug-likeness (QED) is 0.847. The monoisotopic (exact) mass is 390 g/mol. The molecule has 4 rings (SSSR count). The van der Waals surface area contributed by atoms with Crippen LogP contribution in [0.25, 0.3) is 0 Å². The van der Waals surface area contributed by atoms with Crippen molar-refractivity contribution in [2.24, 2.45) is 0 Å². The number of ether oxygens (including phenoxy) is 1. The van der Waals surface area contributed by atoms with Gasteiger partial charge < -0.3 is 10.1 Å². The molecule has 1 amide bonds. The van der Waals surface area contributed by atoms with Crippen molar-refractivity contribution in [1.82, 2.24) is 10.2 Å². The summed E-state index contributed by atoms with van der Waals surface area (Å²) in [6, 6.07) is 8.47. The summed E-state index contributed by atoms with van der Waals surface area (Å²) in [7, 11) is 0. The van der Waals surface area contributed by atoms with Crippen molar-refractivity contribution in [1.29, 1.82) is 0 Å². The molecule has 26 heavy (non-hydrogen) atoms. The highest BCUT2D eigenvalue weighted by atomic mass is 32.1. The second kappa shape index (κ2) is 8.21. The normalized spacial score (nSPS) is 26.8. The molecule has 1 aliphatic carbocycles. The minimum absolute atomic E-state index is 0.120. The summed E-state index contributed by atoms with van der Waals surface area (Å²) in [6.07, 6.45) is 4.88. The van der Waals surface area contributed by atoms with Gasteiger partial charge in [-0.1, -0.05) is 25.0 Å². The fourth-order valence-corrected chi connectivity index (χ4v) is 5.68. The fraction of sp³-hybridized carbons (Fsp3) is 0.550. The molecule has 1 spiro atoms. The van der Waals surface area contributed by atoms with Crippen molar-refractivity contribution in [2.75, 3.05) is 19.7 Å². The van der Waals surface area contributed by atoms with Gasteiger partial charge in [-0.3, -0.25) is 9.69 Å². The molecule has 0 radical (unpaired) electrons. The van der Waals surface area contributed by atoms with Crippen molar-refractivity contribution in [3.8, 4) is 0 Å². The molecule has 0 aromatic carbocycles. The van der Waals surface area contributed by atoms with E-state index in [9.17, 15) is 4.79 Å². The minimum atomic E-state index is -0.223. The topological polar surface area (TPSA) is 41.6 Å². The van der Waals surface area contributed by atoms with E-state index >= 15 is 0 Å². The summed E-state index contributed by atoms with van der Waals surface area (Å²) in [5.41, 5.74) is -0.223. The average Bonchev–Trinajstić information content (AvgIpc) is 3.31. The molecule has 0 bridgehead atoms. The van der Waals surface area contributed by atoms with E-state index in [0.29, 0.717) is 6.42 Å². The van der Waals surface area contributed by atoms with E-state index in [1.165, 1.54) is 17.7 Å². The first-order valence-electron chi connectivity index (χ1n) is 9.44. The Kier molecular flexibility index (Phi) is 5.74. The molecule has 2 aliphatic rings. The summed E-state index contributed by atoms with van der Waals surface area (Å²) in [5.74, 6) is 0.123. The number of amides is 1. The Morgan fingerprint density at radius 1 is 1.23 bits per heavy atom. The average molecular weight is 391 g/mol. The molecule has 1 saturated heterocycles. The highest BCUT2D eigenvalue weighted by Crippen LogP contribution is 2.35. The number of hydrogen-bond donors (Lipinski definition) is 1. The number of hydrogen-bond acceptors (Lipinski definition) is 5. The number of carbonyl (C=O) groups is 1. The van der Waals surface area contributed by atoms with Gasteiger partial charge in [0, 0.05) is 29.4 Å². The third-order valence-corrected chi connectivity index (χ3v) is 7.21. The Morgan fingerprint density at radius 3 is 2.81 bits per heavy atom. The van der Waals surface area contributed by atoms with Crippen molar-refractivity contribution < 1.29 is 9.53 Å². The highest BCUT2D eigenvalue weighted by molar-refractivity contribution is 7.10. The molecule has 2 aromatic heterocycles. The lowest BCUT2D eigenvalue weighted by Gasteiger charge is -2.49. The van der Waals surface area contributed by atoms with Gasteiger partial charge in [0.05, 0.1) is 19.1 Å². The minimum Gasteiger partial charge on any atom is -0.370 e. The molecule has 0 unspecified atom stereocenters. The Balaban J connectivity index is 1.42. The first-order valence-corrected chi connectivity index (χ1v) is 11.2. The maximum absolute atomic E-state index is 12.6. The van der Waals surface area contributed by atoms with E-state index in [1.54, 1.807) is 11.3 Å². The van der Waals surface area contributed by atoms with Crippen LogP contribution in [0.1, 0.15) is 35.4 Å². The molecular formula is C20H26N2O2S2. The van der Waals surface area contributed by atoms with E-state index in [1.807, 2.05) is 28.8 Å². The first kappa shape index (κ1) is 18.2. The molecule has 2 aromatic rings. The molecule has 1 aliphatic heterocycles. The van der Waals surface area contributed by atoms with Gasteiger partial charge in [-0.25, -0.2) is 0 Å². The number of carbonyl (C=O) groups excluding carboxylic acids is 1. The SMILES string of the molecule is O=C(Cc1cccs1)N[C@@H]1CCCC[C@@]12CN(Cc1cccs1)CCO2. The lowest BCUT2D eigenvalue weighted by atomic mass is 9.78. The Labute approximate surface area is 163 Å². The number of nitrogens with zero attached hydrogens (tertiary/aromatic N) is 1. The summed E-state index contributed by atoms with van der Waals surface area (Å²) < 4.78 is 6.35. The molecule has 2 atom stereocenters. The fourth-order valence-electron chi connectivity index (χ4n) is 4.23. The molecule has 3 heterocycles. The predicted molar refractivity (Wildman–Crippen MR) is 107 cm³/mol. The van der Waals surface area contributed by atoms with Crippen molar-refractivity contribution in [3.63, 3.8) is 0 Å². The Bertz CT molecular complexity index is 697. The van der Waals surface area contributed by atoms with Gasteiger partial charge in [0.2, 0.25) is 5.91 Å². The third-order valence-electron chi connectivity index (χ3n) is 5.48. The summed E-state index contributed by atoms with van der Waals surface area (Å²) in [4.78, 5) is 17.6. The van der Waals surface area contributed by atoms with Gasteiger partial charge >= 0.3 is 0 Å². The largest absolute Gasteiger partial charge is 0.370 e. The maximum Gasteiger partial charge on any atom is 0.225 e. The molecule has 1 N–H and O–H groups in total. The van der Waals surface area contributed by atoms with Crippen LogP contribution in [0.15, 0.2) is 35.0 Å². The number of thiophene rings is 2. The van der Waals surface area contributed by atoms with Crippen LogP contribution >= 0.6 is 22.7 Å². The zero-order valence-corrected chi connectivity index (χ0v) is 16.6. The van der Waals surface area contributed by atoms with Crippen LogP contribution in [0.4, 0.5) is 0 Å². The van der Waals surface area contributed by atoms with Gasteiger partial charge in [-0.15, -0.1) is 22.7 Å². The van der Waals surface area contributed by atoms with Gasteiger partial charge in [-0.05, 0) is 35.7 Å². The zero-order valence-electron chi connectivity index (χ0n) is 15.0. The zero-order chi connectivity index (χ0) is 17.8. The van der Waals surface area contributed by atoms with Crippen molar-refractivity contribution >= 4 is 28.6 Å². The van der Waals surface area contributed by atoms with E-state index in [0.717, 1.165) is 44.0 Å². The van der Waals surface area contributed by atoms with Crippen LogP contribution in [-0.2, 0) is 22.5 Å². The first-order chi connectivity index (χ1) is 12.7. The highest BCUT2D eigenvalue weighted by Gasteiger charge is 2.45. The van der Waals surface area contributed by atoms with Gasteiger partial charge in [0.15, 0.2) is 0 Å². The van der Waals surface area contributed by atoms with E-state index in [4.69, 9.17) is 4.74 Å². The van der Waals surface area contributed by atoms with Gasteiger partial charge in [0.25, 0.3) is 0 Å². The molecule has 4 nitrogen and oxygen atoms in total. The molecule has 1 saturated carbocycles. The summed E-state index contributed by atoms with van der Waals surface area (Å²) in [6.45, 7) is 3.62. The van der Waals surface area contributed by atoms with Crippen LogP contribution in [0.5, 0.6) is 0 Å². The second-order valence-corrected chi connectivity index (χ2v) is 9.39. The second-order valence-electron chi connectivity index (χ2n) is 7.33. The summed E-state index contributed by atoms with van der Waals surface area (Å²) >= 11 is 3.46. The van der Waals surface area contributed by atoms with E-state index in [-0.39, 0.29) is 17.6 Å². The molecule has 2 fully saturated rings. The van der Waals surface area contributed by atoms with Gasteiger partial charge in [0.1, 0.15) is 5.60 Å². The molecular weight excluding hydrogens is 364 g/mol. The number of rotatable bonds is 5. The number of morpholine rings is 1. The van der Waals surface area contributed by atoms with Crippen LogP contribution in [-0.4, -0.2) is 42.1 Å².